The van der Waals surface area contributed by atoms with Gasteiger partial charge >= 0.3 is 5.97 Å². The van der Waals surface area contributed by atoms with Gasteiger partial charge in [0.25, 0.3) is 0 Å². The molecule has 9 nitrogen and oxygen atoms in total. The second kappa shape index (κ2) is 8.72. The molecule has 32 heavy (non-hydrogen) atoms. The van der Waals surface area contributed by atoms with Crippen molar-refractivity contribution in [3.8, 4) is 17.2 Å². The van der Waals surface area contributed by atoms with Crippen LogP contribution >= 0.6 is 0 Å². The summed E-state index contributed by atoms with van der Waals surface area (Å²) in [5.74, 6) is 0.645. The second-order valence-corrected chi connectivity index (χ2v) is 7.19. The van der Waals surface area contributed by atoms with Crippen LogP contribution < -0.4 is 15.2 Å². The minimum absolute atomic E-state index is 0.149. The molecule has 0 aliphatic rings. The lowest BCUT2D eigenvalue weighted by molar-refractivity contribution is 0.0123. The summed E-state index contributed by atoms with van der Waals surface area (Å²) in [5, 5.41) is 0. The molecule has 0 radical (unpaired) electrons. The SMILES string of the molecule is COC[C@H](C)OC(=O)c1c(N)n(-c2ccc(OC)c(OC)c2)c2nc3ccccc3nc12. The summed E-state index contributed by atoms with van der Waals surface area (Å²) in [7, 11) is 4.65. The number of benzene rings is 2. The van der Waals surface area contributed by atoms with Gasteiger partial charge in [0.2, 0.25) is 0 Å². The van der Waals surface area contributed by atoms with Crippen molar-refractivity contribution >= 4 is 34.0 Å². The van der Waals surface area contributed by atoms with Crippen LogP contribution in [0.1, 0.15) is 17.3 Å². The van der Waals surface area contributed by atoms with E-state index in [1.807, 2.05) is 24.3 Å². The Morgan fingerprint density at radius 2 is 1.72 bits per heavy atom. The third kappa shape index (κ3) is 3.67. The monoisotopic (exact) mass is 436 g/mol. The third-order valence-corrected chi connectivity index (χ3v) is 5.04. The Kier molecular flexibility index (Phi) is 5.83. The molecule has 2 N–H and O–H groups in total. The number of methoxy groups -OCH3 is 3. The largest absolute Gasteiger partial charge is 0.493 e. The first-order chi connectivity index (χ1) is 15.5. The van der Waals surface area contributed by atoms with Crippen molar-refractivity contribution in [1.29, 1.82) is 0 Å². The highest BCUT2D eigenvalue weighted by Crippen LogP contribution is 2.35. The van der Waals surface area contributed by atoms with Gasteiger partial charge in [0.15, 0.2) is 17.1 Å². The Morgan fingerprint density at radius 1 is 1.03 bits per heavy atom. The van der Waals surface area contributed by atoms with Gasteiger partial charge in [0.1, 0.15) is 23.0 Å². The number of nitrogens with zero attached hydrogens (tertiary/aromatic N) is 3. The Morgan fingerprint density at radius 3 is 2.38 bits per heavy atom. The van der Waals surface area contributed by atoms with Gasteiger partial charge in [0, 0.05) is 13.2 Å². The summed E-state index contributed by atoms with van der Waals surface area (Å²) in [6.07, 6.45) is -0.459. The number of hydrogen-bond donors (Lipinski definition) is 1. The summed E-state index contributed by atoms with van der Waals surface area (Å²) in [5.41, 5.74) is 9.39. The second-order valence-electron chi connectivity index (χ2n) is 7.19. The van der Waals surface area contributed by atoms with Crippen LogP contribution in [0.15, 0.2) is 42.5 Å². The Bertz CT molecular complexity index is 1300. The maximum absolute atomic E-state index is 13.1. The smallest absolute Gasteiger partial charge is 0.344 e. The summed E-state index contributed by atoms with van der Waals surface area (Å²) in [4.78, 5) is 22.5. The molecule has 0 unspecified atom stereocenters. The van der Waals surface area contributed by atoms with E-state index in [4.69, 9.17) is 29.7 Å². The molecule has 2 aromatic heterocycles. The quantitative estimate of drug-likeness (QED) is 0.439. The third-order valence-electron chi connectivity index (χ3n) is 5.04. The molecule has 0 spiro atoms. The van der Waals surface area contributed by atoms with Crippen LogP contribution in [-0.4, -0.2) is 54.5 Å². The number of rotatable bonds is 7. The number of esters is 1. The number of nitrogen functional groups attached to an aromatic ring is 1. The average Bonchev–Trinajstić information content (AvgIpc) is 3.07. The van der Waals surface area contributed by atoms with Crippen molar-refractivity contribution in [1.82, 2.24) is 14.5 Å². The molecule has 0 saturated heterocycles. The average molecular weight is 436 g/mol. The molecule has 0 saturated carbocycles. The van der Waals surface area contributed by atoms with Crippen molar-refractivity contribution < 1.29 is 23.7 Å². The highest BCUT2D eigenvalue weighted by molar-refractivity contribution is 6.09. The van der Waals surface area contributed by atoms with Gasteiger partial charge in [-0.3, -0.25) is 4.57 Å². The van der Waals surface area contributed by atoms with E-state index in [0.29, 0.717) is 39.4 Å². The van der Waals surface area contributed by atoms with Crippen molar-refractivity contribution in [3.63, 3.8) is 0 Å². The van der Waals surface area contributed by atoms with Crippen LogP contribution in [-0.2, 0) is 9.47 Å². The fraction of sp³-hybridized carbons (Fsp3) is 0.261. The highest BCUT2D eigenvalue weighted by Gasteiger charge is 2.27. The van der Waals surface area contributed by atoms with Gasteiger partial charge < -0.3 is 24.7 Å². The van der Waals surface area contributed by atoms with Gasteiger partial charge in [-0.2, -0.15) is 0 Å². The lowest BCUT2D eigenvalue weighted by Crippen LogP contribution is -2.20. The Labute approximate surface area is 184 Å². The van der Waals surface area contributed by atoms with Crippen LogP contribution in [0.25, 0.3) is 27.9 Å². The molecule has 0 amide bonds. The van der Waals surface area contributed by atoms with E-state index >= 15 is 0 Å². The molecule has 1 atom stereocenters. The van der Waals surface area contributed by atoms with Crippen LogP contribution in [0.3, 0.4) is 0 Å². The summed E-state index contributed by atoms with van der Waals surface area (Å²) >= 11 is 0. The number of hydrogen-bond acceptors (Lipinski definition) is 8. The maximum atomic E-state index is 13.1. The lowest BCUT2D eigenvalue weighted by Gasteiger charge is -2.13. The topological polar surface area (TPSA) is 111 Å². The molecule has 4 aromatic rings. The molecule has 0 aliphatic carbocycles. The van der Waals surface area contributed by atoms with Gasteiger partial charge in [-0.1, -0.05) is 12.1 Å². The van der Waals surface area contributed by atoms with Crippen molar-refractivity contribution in [3.05, 3.63) is 48.0 Å². The molecule has 2 aromatic carbocycles. The zero-order valence-electron chi connectivity index (χ0n) is 18.3. The van der Waals surface area contributed by atoms with Gasteiger partial charge in [-0.05, 0) is 31.2 Å². The Balaban J connectivity index is 1.97. The van der Waals surface area contributed by atoms with E-state index in [2.05, 4.69) is 4.98 Å². The van der Waals surface area contributed by atoms with Crippen LogP contribution in [0.5, 0.6) is 11.5 Å². The summed E-state index contributed by atoms with van der Waals surface area (Å²) < 4.78 is 23.0. The first-order valence-electron chi connectivity index (χ1n) is 9.97. The fourth-order valence-electron chi connectivity index (χ4n) is 3.60. The fourth-order valence-corrected chi connectivity index (χ4v) is 3.60. The van der Waals surface area contributed by atoms with E-state index < -0.39 is 12.1 Å². The maximum Gasteiger partial charge on any atom is 0.344 e. The number of carbonyl (C=O) groups is 1. The summed E-state index contributed by atoms with van der Waals surface area (Å²) in [6, 6.07) is 12.7. The van der Waals surface area contributed by atoms with E-state index in [1.165, 1.54) is 0 Å². The number of anilines is 1. The molecular weight excluding hydrogens is 412 g/mol. The minimum Gasteiger partial charge on any atom is -0.493 e. The standard InChI is InChI=1S/C23H24N4O5/c1-13(12-29-2)32-23(28)19-20-22(26-16-8-6-5-7-15(16)25-20)27(21(19)24)14-9-10-17(30-3)18(11-14)31-4/h5-11,13H,12,24H2,1-4H3/t13-/m0/s1. The van der Waals surface area contributed by atoms with Crippen molar-refractivity contribution in [2.45, 2.75) is 13.0 Å². The number of ether oxygens (including phenoxy) is 4. The number of aromatic nitrogens is 3. The van der Waals surface area contributed by atoms with Crippen LogP contribution in [0, 0.1) is 0 Å². The lowest BCUT2D eigenvalue weighted by atomic mass is 10.2. The molecule has 4 rings (SSSR count). The molecule has 2 heterocycles. The van der Waals surface area contributed by atoms with E-state index in [-0.39, 0.29) is 18.0 Å². The molecule has 166 valence electrons. The predicted octanol–water partition coefficient (Wildman–Crippen LogP) is 3.36. The molecular formula is C23H24N4O5. The first kappa shape index (κ1) is 21.4. The van der Waals surface area contributed by atoms with Crippen molar-refractivity contribution in [2.75, 3.05) is 33.7 Å². The van der Waals surface area contributed by atoms with Crippen LogP contribution in [0.4, 0.5) is 5.82 Å². The van der Waals surface area contributed by atoms with Gasteiger partial charge in [-0.25, -0.2) is 14.8 Å². The normalized spacial score (nSPS) is 12.1. The highest BCUT2D eigenvalue weighted by atomic mass is 16.6. The number of fused-ring (bicyclic) bond motifs is 2. The van der Waals surface area contributed by atoms with E-state index in [9.17, 15) is 4.79 Å². The molecule has 9 heteroatoms. The van der Waals surface area contributed by atoms with Gasteiger partial charge in [0.05, 0.1) is 37.5 Å². The van der Waals surface area contributed by atoms with E-state index in [1.54, 1.807) is 51.0 Å². The predicted molar refractivity (Wildman–Crippen MR) is 121 cm³/mol. The zero-order chi connectivity index (χ0) is 22.8. The number of para-hydroxylation sites is 2. The summed E-state index contributed by atoms with van der Waals surface area (Å²) in [6.45, 7) is 2.00. The molecule has 0 bridgehead atoms. The molecule has 0 fully saturated rings. The van der Waals surface area contributed by atoms with Gasteiger partial charge in [-0.15, -0.1) is 0 Å². The first-order valence-corrected chi connectivity index (χ1v) is 9.97. The zero-order valence-corrected chi connectivity index (χ0v) is 18.3. The van der Waals surface area contributed by atoms with Crippen LogP contribution in [0.2, 0.25) is 0 Å². The van der Waals surface area contributed by atoms with E-state index in [0.717, 1.165) is 0 Å². The number of carbonyl (C=O) groups excluding carboxylic acids is 1. The minimum atomic E-state index is -0.596. The Hall–Kier alpha value is -3.85. The van der Waals surface area contributed by atoms with Crippen molar-refractivity contribution in [2.24, 2.45) is 0 Å². The molecule has 0 aliphatic heterocycles. The number of nitrogens with two attached hydrogens (primary N) is 1.